The molecule has 0 aliphatic carbocycles. The zero-order valence-electron chi connectivity index (χ0n) is 13.4. The summed E-state index contributed by atoms with van der Waals surface area (Å²) < 4.78 is 6.54. The summed E-state index contributed by atoms with van der Waals surface area (Å²) in [6.45, 7) is 2.32. The van der Waals surface area contributed by atoms with Crippen molar-refractivity contribution in [3.05, 3.63) is 54.1 Å². The fourth-order valence-electron chi connectivity index (χ4n) is 4.52. The Balaban J connectivity index is 1.42. The van der Waals surface area contributed by atoms with Gasteiger partial charge in [-0.05, 0) is 5.56 Å². The van der Waals surface area contributed by atoms with Crippen LogP contribution in [-0.4, -0.2) is 50.5 Å². The van der Waals surface area contributed by atoms with Crippen molar-refractivity contribution in [2.45, 2.75) is 37.3 Å². The van der Waals surface area contributed by atoms with Crippen LogP contribution in [0.3, 0.4) is 0 Å². The SMILES string of the molecule is O=C1C[C@H]2N(Cc3ncc[nH]3)CC[C@]23O[C@@H](c2ccccc2)CN13. The van der Waals surface area contributed by atoms with Crippen LogP contribution in [0.2, 0.25) is 0 Å². The number of nitrogens with zero attached hydrogens (tertiary/aromatic N) is 3. The van der Waals surface area contributed by atoms with Crippen LogP contribution in [0.1, 0.15) is 30.3 Å². The molecule has 1 spiro atoms. The van der Waals surface area contributed by atoms with Crippen molar-refractivity contribution in [3.63, 3.8) is 0 Å². The summed E-state index contributed by atoms with van der Waals surface area (Å²) in [7, 11) is 0. The van der Waals surface area contributed by atoms with E-state index in [-0.39, 0.29) is 18.1 Å². The Morgan fingerprint density at radius 3 is 3.00 bits per heavy atom. The number of ether oxygens (including phenoxy) is 1. The summed E-state index contributed by atoms with van der Waals surface area (Å²) in [6, 6.07) is 10.3. The number of H-pyrrole nitrogens is 1. The minimum atomic E-state index is -0.454. The van der Waals surface area contributed by atoms with E-state index in [9.17, 15) is 4.79 Å². The van der Waals surface area contributed by atoms with Gasteiger partial charge in [-0.3, -0.25) is 9.69 Å². The number of hydrogen-bond acceptors (Lipinski definition) is 4. The molecule has 3 aliphatic rings. The van der Waals surface area contributed by atoms with Gasteiger partial charge in [0.05, 0.1) is 19.1 Å². The molecule has 124 valence electrons. The molecule has 0 saturated carbocycles. The third-order valence-corrected chi connectivity index (χ3v) is 5.62. The van der Waals surface area contributed by atoms with Crippen molar-refractivity contribution in [2.24, 2.45) is 0 Å². The Morgan fingerprint density at radius 2 is 2.21 bits per heavy atom. The summed E-state index contributed by atoms with van der Waals surface area (Å²) in [6.07, 6.45) is 4.99. The zero-order chi connectivity index (χ0) is 16.1. The molecule has 3 saturated heterocycles. The molecule has 6 nitrogen and oxygen atoms in total. The van der Waals surface area contributed by atoms with E-state index in [0.717, 1.165) is 30.9 Å². The molecule has 6 heteroatoms. The molecule has 4 heterocycles. The lowest BCUT2D eigenvalue weighted by atomic mass is 10.1. The van der Waals surface area contributed by atoms with Crippen LogP contribution in [0.25, 0.3) is 0 Å². The number of hydrogen-bond donors (Lipinski definition) is 1. The quantitative estimate of drug-likeness (QED) is 0.933. The molecule has 3 fully saturated rings. The predicted octanol–water partition coefficient (Wildman–Crippen LogP) is 1.68. The molecular formula is C18H20N4O2. The smallest absolute Gasteiger partial charge is 0.226 e. The molecule has 1 amide bonds. The van der Waals surface area contributed by atoms with E-state index in [1.807, 2.05) is 29.3 Å². The van der Waals surface area contributed by atoms with Crippen LogP contribution in [-0.2, 0) is 16.1 Å². The van der Waals surface area contributed by atoms with Gasteiger partial charge in [0, 0.05) is 31.8 Å². The van der Waals surface area contributed by atoms with Gasteiger partial charge < -0.3 is 14.6 Å². The number of rotatable bonds is 3. The van der Waals surface area contributed by atoms with Crippen molar-refractivity contribution in [1.82, 2.24) is 19.8 Å². The molecule has 0 unspecified atom stereocenters. The molecule has 1 aromatic carbocycles. The van der Waals surface area contributed by atoms with Crippen molar-refractivity contribution >= 4 is 5.91 Å². The highest BCUT2D eigenvalue weighted by Gasteiger charge is 2.63. The number of carbonyl (C=O) groups excluding carboxylic acids is 1. The van der Waals surface area contributed by atoms with E-state index in [4.69, 9.17) is 4.74 Å². The molecule has 0 radical (unpaired) electrons. The normalized spacial score (nSPS) is 32.3. The van der Waals surface area contributed by atoms with E-state index in [2.05, 4.69) is 27.0 Å². The van der Waals surface area contributed by atoms with E-state index in [1.165, 1.54) is 0 Å². The second-order valence-corrected chi connectivity index (χ2v) is 6.84. The van der Waals surface area contributed by atoms with E-state index >= 15 is 0 Å². The molecular weight excluding hydrogens is 304 g/mol. The van der Waals surface area contributed by atoms with Gasteiger partial charge in [-0.2, -0.15) is 0 Å². The standard InChI is InChI=1S/C18H20N4O2/c23-17-10-15-18(6-9-21(15)12-16-19-7-8-20-16)22(17)11-14(24-18)13-4-2-1-3-5-13/h1-5,7-8,14-15H,6,9-12H2,(H,19,20)/t14-,15-,18+/m1/s1. The van der Waals surface area contributed by atoms with Gasteiger partial charge in [0.25, 0.3) is 0 Å². The highest BCUT2D eigenvalue weighted by Crippen LogP contribution is 2.50. The molecule has 24 heavy (non-hydrogen) atoms. The first-order valence-electron chi connectivity index (χ1n) is 8.52. The van der Waals surface area contributed by atoms with Gasteiger partial charge >= 0.3 is 0 Å². The second-order valence-electron chi connectivity index (χ2n) is 6.84. The highest BCUT2D eigenvalue weighted by molar-refractivity contribution is 5.81. The first kappa shape index (κ1) is 14.2. The lowest BCUT2D eigenvalue weighted by Crippen LogP contribution is -2.47. The highest BCUT2D eigenvalue weighted by atomic mass is 16.5. The predicted molar refractivity (Wildman–Crippen MR) is 86.7 cm³/mol. The van der Waals surface area contributed by atoms with Crippen LogP contribution in [0.4, 0.5) is 0 Å². The van der Waals surface area contributed by atoms with Gasteiger partial charge in [0.1, 0.15) is 11.9 Å². The maximum atomic E-state index is 12.6. The minimum absolute atomic E-state index is 0.0264. The Bertz CT molecular complexity index is 748. The fourth-order valence-corrected chi connectivity index (χ4v) is 4.52. The third kappa shape index (κ3) is 1.96. The minimum Gasteiger partial charge on any atom is -0.348 e. The number of carbonyl (C=O) groups is 1. The number of imidazole rings is 1. The van der Waals surface area contributed by atoms with Gasteiger partial charge in [0.15, 0.2) is 5.72 Å². The number of nitrogens with one attached hydrogen (secondary N) is 1. The van der Waals surface area contributed by atoms with Crippen LogP contribution in [0, 0.1) is 0 Å². The number of amides is 1. The number of aromatic amines is 1. The van der Waals surface area contributed by atoms with Gasteiger partial charge in [-0.15, -0.1) is 0 Å². The van der Waals surface area contributed by atoms with E-state index < -0.39 is 5.72 Å². The topological polar surface area (TPSA) is 61.5 Å². The average molecular weight is 324 g/mol. The zero-order valence-corrected chi connectivity index (χ0v) is 13.4. The van der Waals surface area contributed by atoms with Crippen LogP contribution in [0.5, 0.6) is 0 Å². The monoisotopic (exact) mass is 324 g/mol. The van der Waals surface area contributed by atoms with Crippen LogP contribution < -0.4 is 0 Å². The van der Waals surface area contributed by atoms with Crippen LogP contribution >= 0.6 is 0 Å². The third-order valence-electron chi connectivity index (χ3n) is 5.62. The number of aromatic nitrogens is 2. The lowest BCUT2D eigenvalue weighted by molar-refractivity contribution is -0.138. The second kappa shape index (κ2) is 5.16. The maximum Gasteiger partial charge on any atom is 0.226 e. The number of likely N-dealkylation sites (tertiary alicyclic amines) is 1. The van der Waals surface area contributed by atoms with Gasteiger partial charge in [-0.1, -0.05) is 30.3 Å². The van der Waals surface area contributed by atoms with Crippen LogP contribution in [0.15, 0.2) is 42.7 Å². The van der Waals surface area contributed by atoms with Gasteiger partial charge in [0.2, 0.25) is 5.91 Å². The first-order chi connectivity index (χ1) is 11.8. The Labute approximate surface area is 140 Å². The Morgan fingerprint density at radius 1 is 1.33 bits per heavy atom. The molecule has 2 aromatic rings. The molecule has 0 bridgehead atoms. The molecule has 3 atom stereocenters. The summed E-state index contributed by atoms with van der Waals surface area (Å²) in [5.74, 6) is 1.15. The lowest BCUT2D eigenvalue weighted by Gasteiger charge is -2.31. The Hall–Kier alpha value is -2.18. The fraction of sp³-hybridized carbons (Fsp3) is 0.444. The average Bonchev–Trinajstić information content (AvgIpc) is 3.34. The van der Waals surface area contributed by atoms with E-state index in [1.54, 1.807) is 6.20 Å². The summed E-state index contributed by atoms with van der Waals surface area (Å²) in [4.78, 5) is 24.4. The van der Waals surface area contributed by atoms with E-state index in [0.29, 0.717) is 13.0 Å². The summed E-state index contributed by atoms with van der Waals surface area (Å²) in [5, 5.41) is 0. The maximum absolute atomic E-state index is 12.6. The molecule has 1 N–H and O–H groups in total. The molecule has 5 rings (SSSR count). The first-order valence-corrected chi connectivity index (χ1v) is 8.52. The van der Waals surface area contributed by atoms with Gasteiger partial charge in [-0.25, -0.2) is 4.98 Å². The number of benzene rings is 1. The molecule has 1 aromatic heterocycles. The molecule has 3 aliphatic heterocycles. The van der Waals surface area contributed by atoms with Crippen molar-refractivity contribution in [2.75, 3.05) is 13.1 Å². The summed E-state index contributed by atoms with van der Waals surface area (Å²) in [5.41, 5.74) is 0.696. The Kier molecular flexibility index (Phi) is 3.05. The van der Waals surface area contributed by atoms with Crippen molar-refractivity contribution < 1.29 is 9.53 Å². The van der Waals surface area contributed by atoms with Crippen molar-refractivity contribution in [3.8, 4) is 0 Å². The summed E-state index contributed by atoms with van der Waals surface area (Å²) >= 11 is 0. The van der Waals surface area contributed by atoms with Crippen molar-refractivity contribution in [1.29, 1.82) is 0 Å². The largest absolute Gasteiger partial charge is 0.348 e.